The summed E-state index contributed by atoms with van der Waals surface area (Å²) >= 11 is 0. The van der Waals surface area contributed by atoms with Crippen molar-refractivity contribution in [3.63, 3.8) is 0 Å². The number of nitrogens with two attached hydrogens (primary N) is 1. The third kappa shape index (κ3) is 3.78. The van der Waals surface area contributed by atoms with Crippen molar-refractivity contribution in [2.45, 2.75) is 32.3 Å². The molecule has 0 spiro atoms. The van der Waals surface area contributed by atoms with Crippen LogP contribution >= 0.6 is 0 Å². The van der Waals surface area contributed by atoms with Crippen LogP contribution in [-0.4, -0.2) is 61.1 Å². The van der Waals surface area contributed by atoms with Crippen molar-refractivity contribution in [1.82, 2.24) is 9.80 Å². The molecule has 0 aromatic rings. The molecular formula is C14H25N3O2. The Morgan fingerprint density at radius 3 is 3.11 bits per heavy atom. The Bertz CT molecular complexity index is 344. The SMILES string of the molecule is CCN(C(=O)CN1CCOC(CN)C1)C1=CCCC1. The van der Waals surface area contributed by atoms with Gasteiger partial charge in [0.15, 0.2) is 0 Å². The van der Waals surface area contributed by atoms with Crippen molar-refractivity contribution < 1.29 is 9.53 Å². The number of allylic oxidation sites excluding steroid dienone is 2. The molecule has 1 heterocycles. The van der Waals surface area contributed by atoms with E-state index >= 15 is 0 Å². The van der Waals surface area contributed by atoms with Crippen LogP contribution < -0.4 is 5.73 Å². The molecule has 1 fully saturated rings. The maximum absolute atomic E-state index is 12.4. The molecule has 0 aromatic carbocycles. The molecule has 0 radical (unpaired) electrons. The van der Waals surface area contributed by atoms with E-state index in [2.05, 4.69) is 11.0 Å². The van der Waals surface area contributed by atoms with Gasteiger partial charge in [0.25, 0.3) is 0 Å². The molecule has 19 heavy (non-hydrogen) atoms. The third-order valence-electron chi connectivity index (χ3n) is 3.83. The summed E-state index contributed by atoms with van der Waals surface area (Å²) in [7, 11) is 0. The maximum atomic E-state index is 12.4. The second-order valence-electron chi connectivity index (χ2n) is 5.19. The van der Waals surface area contributed by atoms with Gasteiger partial charge in [-0.25, -0.2) is 0 Å². The van der Waals surface area contributed by atoms with Gasteiger partial charge in [-0.15, -0.1) is 0 Å². The predicted molar refractivity (Wildman–Crippen MR) is 74.6 cm³/mol. The Balaban J connectivity index is 1.88. The second-order valence-corrected chi connectivity index (χ2v) is 5.19. The lowest BCUT2D eigenvalue weighted by Gasteiger charge is -2.33. The Morgan fingerprint density at radius 1 is 1.63 bits per heavy atom. The molecule has 0 saturated carbocycles. The molecule has 1 atom stereocenters. The largest absolute Gasteiger partial charge is 0.374 e. The van der Waals surface area contributed by atoms with Gasteiger partial charge in [-0.3, -0.25) is 9.69 Å². The molecule has 1 saturated heterocycles. The lowest BCUT2D eigenvalue weighted by atomic mass is 10.2. The van der Waals surface area contributed by atoms with Crippen LogP contribution in [0.3, 0.4) is 0 Å². The summed E-state index contributed by atoms with van der Waals surface area (Å²) in [5.74, 6) is 0.202. The highest BCUT2D eigenvalue weighted by Crippen LogP contribution is 2.21. The van der Waals surface area contributed by atoms with Gasteiger partial charge in [0, 0.05) is 31.9 Å². The van der Waals surface area contributed by atoms with E-state index in [4.69, 9.17) is 10.5 Å². The number of carbonyl (C=O) groups is 1. The third-order valence-corrected chi connectivity index (χ3v) is 3.83. The number of hydrogen-bond acceptors (Lipinski definition) is 4. The second kappa shape index (κ2) is 7.03. The van der Waals surface area contributed by atoms with E-state index in [0.29, 0.717) is 19.7 Å². The van der Waals surface area contributed by atoms with Crippen LogP contribution in [0.1, 0.15) is 26.2 Å². The molecule has 5 heteroatoms. The van der Waals surface area contributed by atoms with E-state index in [0.717, 1.165) is 32.5 Å². The molecule has 1 aliphatic carbocycles. The van der Waals surface area contributed by atoms with Crippen LogP contribution in [0.15, 0.2) is 11.8 Å². The van der Waals surface area contributed by atoms with Crippen LogP contribution in [0, 0.1) is 0 Å². The fourth-order valence-corrected chi connectivity index (χ4v) is 2.78. The van der Waals surface area contributed by atoms with E-state index in [1.54, 1.807) is 0 Å². The average Bonchev–Trinajstić information content (AvgIpc) is 2.93. The molecule has 1 amide bonds. The summed E-state index contributed by atoms with van der Waals surface area (Å²) in [6.07, 6.45) is 5.58. The fourth-order valence-electron chi connectivity index (χ4n) is 2.78. The topological polar surface area (TPSA) is 58.8 Å². The van der Waals surface area contributed by atoms with Crippen molar-refractivity contribution in [1.29, 1.82) is 0 Å². The zero-order chi connectivity index (χ0) is 13.7. The van der Waals surface area contributed by atoms with E-state index in [1.165, 1.54) is 12.1 Å². The van der Waals surface area contributed by atoms with Crippen molar-refractivity contribution in [3.05, 3.63) is 11.8 Å². The maximum Gasteiger partial charge on any atom is 0.240 e. The number of ether oxygens (including phenoxy) is 1. The van der Waals surface area contributed by atoms with Crippen LogP contribution in [0.2, 0.25) is 0 Å². The number of morpholine rings is 1. The molecule has 108 valence electrons. The van der Waals surface area contributed by atoms with Gasteiger partial charge in [-0.1, -0.05) is 6.08 Å². The highest BCUT2D eigenvalue weighted by Gasteiger charge is 2.24. The molecule has 2 aliphatic rings. The summed E-state index contributed by atoms with van der Waals surface area (Å²) in [6, 6.07) is 0. The van der Waals surface area contributed by atoms with Crippen molar-refractivity contribution in [2.24, 2.45) is 5.73 Å². The molecule has 0 aromatic heterocycles. The number of likely N-dealkylation sites (N-methyl/N-ethyl adjacent to an activating group) is 1. The number of amides is 1. The first kappa shape index (κ1) is 14.5. The zero-order valence-corrected chi connectivity index (χ0v) is 11.8. The smallest absolute Gasteiger partial charge is 0.240 e. The normalized spacial score (nSPS) is 24.3. The monoisotopic (exact) mass is 267 g/mol. The molecular weight excluding hydrogens is 242 g/mol. The molecule has 5 nitrogen and oxygen atoms in total. The molecule has 2 N–H and O–H groups in total. The first-order valence-electron chi connectivity index (χ1n) is 7.28. The van der Waals surface area contributed by atoms with Crippen LogP contribution in [0.4, 0.5) is 0 Å². The van der Waals surface area contributed by atoms with E-state index in [-0.39, 0.29) is 12.0 Å². The summed E-state index contributed by atoms with van der Waals surface area (Å²) in [5, 5.41) is 0. The lowest BCUT2D eigenvalue weighted by Crippen LogP contribution is -2.49. The quantitative estimate of drug-likeness (QED) is 0.791. The Kier molecular flexibility index (Phi) is 5.36. The first-order valence-corrected chi connectivity index (χ1v) is 7.28. The van der Waals surface area contributed by atoms with Crippen molar-refractivity contribution in [2.75, 3.05) is 39.3 Å². The highest BCUT2D eigenvalue weighted by molar-refractivity contribution is 5.80. The van der Waals surface area contributed by atoms with E-state index in [9.17, 15) is 4.79 Å². The van der Waals surface area contributed by atoms with Crippen LogP contribution in [-0.2, 0) is 9.53 Å². The Morgan fingerprint density at radius 2 is 2.47 bits per heavy atom. The highest BCUT2D eigenvalue weighted by atomic mass is 16.5. The Hall–Kier alpha value is -0.910. The fraction of sp³-hybridized carbons (Fsp3) is 0.786. The number of carbonyl (C=O) groups excluding carboxylic acids is 1. The van der Waals surface area contributed by atoms with Gasteiger partial charge < -0.3 is 15.4 Å². The lowest BCUT2D eigenvalue weighted by molar-refractivity contribution is -0.132. The number of rotatable bonds is 5. The van der Waals surface area contributed by atoms with E-state index < -0.39 is 0 Å². The average molecular weight is 267 g/mol. The van der Waals surface area contributed by atoms with Gasteiger partial charge in [0.2, 0.25) is 5.91 Å². The zero-order valence-electron chi connectivity index (χ0n) is 11.8. The summed E-state index contributed by atoms with van der Waals surface area (Å²) in [6.45, 7) is 6.05. The summed E-state index contributed by atoms with van der Waals surface area (Å²) in [5.41, 5.74) is 6.83. The van der Waals surface area contributed by atoms with Gasteiger partial charge in [-0.05, 0) is 26.2 Å². The van der Waals surface area contributed by atoms with Gasteiger partial charge in [0.05, 0.1) is 19.3 Å². The van der Waals surface area contributed by atoms with Crippen molar-refractivity contribution >= 4 is 5.91 Å². The van der Waals surface area contributed by atoms with E-state index in [1.807, 2.05) is 11.8 Å². The summed E-state index contributed by atoms with van der Waals surface area (Å²) in [4.78, 5) is 16.5. The molecule has 1 unspecified atom stereocenters. The van der Waals surface area contributed by atoms with Crippen molar-refractivity contribution in [3.8, 4) is 0 Å². The molecule has 0 bridgehead atoms. The minimum Gasteiger partial charge on any atom is -0.374 e. The van der Waals surface area contributed by atoms with Gasteiger partial charge in [-0.2, -0.15) is 0 Å². The first-order chi connectivity index (χ1) is 9.24. The minimum absolute atomic E-state index is 0.0716. The predicted octanol–water partition coefficient (Wildman–Crippen LogP) is 0.562. The minimum atomic E-state index is 0.0716. The van der Waals surface area contributed by atoms with Crippen LogP contribution in [0.25, 0.3) is 0 Å². The van der Waals surface area contributed by atoms with Gasteiger partial charge >= 0.3 is 0 Å². The Labute approximate surface area is 115 Å². The number of nitrogens with zero attached hydrogens (tertiary/aromatic N) is 2. The van der Waals surface area contributed by atoms with Crippen LogP contribution in [0.5, 0.6) is 0 Å². The number of hydrogen-bond donors (Lipinski definition) is 1. The van der Waals surface area contributed by atoms with Gasteiger partial charge in [0.1, 0.15) is 0 Å². The standard InChI is InChI=1S/C14H25N3O2/c1-2-17(12-5-3-4-6-12)14(18)11-16-7-8-19-13(9-15)10-16/h5,13H,2-4,6-11,15H2,1H3. The summed E-state index contributed by atoms with van der Waals surface area (Å²) < 4.78 is 5.52. The molecule has 1 aliphatic heterocycles. The molecule has 2 rings (SSSR count).